The molecule has 1 aliphatic rings. The first-order valence-electron chi connectivity index (χ1n) is 15.2. The highest BCUT2D eigenvalue weighted by Crippen LogP contribution is 2.49. The number of hydrogen-bond donors (Lipinski definition) is 0. The summed E-state index contributed by atoms with van der Waals surface area (Å²) in [4.78, 5) is 0. The Morgan fingerprint density at radius 1 is 0.349 bits per heavy atom. The maximum atomic E-state index is 2.43. The van der Waals surface area contributed by atoms with E-state index in [0.29, 0.717) is 0 Å². The van der Waals surface area contributed by atoms with Gasteiger partial charge in [0.05, 0.1) is 0 Å². The lowest BCUT2D eigenvalue weighted by atomic mass is 9.81. The first-order chi connectivity index (χ1) is 21.1. The van der Waals surface area contributed by atoms with Gasteiger partial charge in [0, 0.05) is 5.41 Å². The van der Waals surface area contributed by atoms with Gasteiger partial charge in [-0.3, -0.25) is 0 Å². The Labute approximate surface area is 251 Å². The van der Waals surface area contributed by atoms with Gasteiger partial charge in [-0.2, -0.15) is 0 Å². The summed E-state index contributed by atoms with van der Waals surface area (Å²) in [5, 5.41) is 10.3. The lowest BCUT2D eigenvalue weighted by Crippen LogP contribution is -2.14. The van der Waals surface area contributed by atoms with Crippen LogP contribution in [-0.4, -0.2) is 0 Å². The largest absolute Gasteiger partial charge is 0.0619 e. The molecule has 0 bridgehead atoms. The van der Waals surface area contributed by atoms with Crippen molar-refractivity contribution in [3.63, 3.8) is 0 Å². The highest BCUT2D eigenvalue weighted by atomic mass is 14.4. The number of rotatable bonds is 2. The van der Waals surface area contributed by atoms with Gasteiger partial charge in [0.25, 0.3) is 0 Å². The molecule has 0 amide bonds. The Bertz CT molecular complexity index is 2420. The van der Waals surface area contributed by atoms with Crippen LogP contribution in [0.15, 0.2) is 146 Å². The minimum Gasteiger partial charge on any atom is -0.0619 e. The highest BCUT2D eigenvalue weighted by Gasteiger charge is 2.35. The fourth-order valence-corrected chi connectivity index (χ4v) is 7.59. The van der Waals surface area contributed by atoms with E-state index in [1.54, 1.807) is 0 Å². The Morgan fingerprint density at radius 3 is 1.88 bits per heavy atom. The Balaban J connectivity index is 1.26. The molecule has 0 heteroatoms. The van der Waals surface area contributed by atoms with E-state index in [9.17, 15) is 0 Å². The highest BCUT2D eigenvalue weighted by molar-refractivity contribution is 6.23. The van der Waals surface area contributed by atoms with Crippen molar-refractivity contribution in [1.29, 1.82) is 0 Å². The first-order valence-corrected chi connectivity index (χ1v) is 15.2. The third-order valence-corrected chi connectivity index (χ3v) is 9.82. The van der Waals surface area contributed by atoms with E-state index in [0.717, 1.165) is 0 Å². The van der Waals surface area contributed by atoms with Crippen LogP contribution < -0.4 is 0 Å². The zero-order chi connectivity index (χ0) is 28.7. The third-order valence-electron chi connectivity index (χ3n) is 9.82. The molecule has 0 saturated heterocycles. The van der Waals surface area contributed by atoms with Crippen LogP contribution in [0, 0.1) is 0 Å². The number of benzene rings is 8. The van der Waals surface area contributed by atoms with E-state index in [4.69, 9.17) is 0 Å². The molecule has 0 radical (unpaired) electrons. The molecule has 0 aromatic heterocycles. The van der Waals surface area contributed by atoms with Crippen LogP contribution in [0.3, 0.4) is 0 Å². The second-order valence-electron chi connectivity index (χ2n) is 12.6. The summed E-state index contributed by atoms with van der Waals surface area (Å²) in [6.45, 7) is 4.71. The SMILES string of the molecule is CC1(C)c2ccccc2-c2ccc(-c3ccc4ccc5cc(-c6ccc7ccccc7c6)c6ccccc6c5c4c3)cc21. The second kappa shape index (κ2) is 8.90. The van der Waals surface area contributed by atoms with Crippen molar-refractivity contribution in [2.75, 3.05) is 0 Å². The van der Waals surface area contributed by atoms with Crippen LogP contribution in [0.5, 0.6) is 0 Å². The molecule has 0 heterocycles. The van der Waals surface area contributed by atoms with Crippen LogP contribution >= 0.6 is 0 Å². The molecule has 0 nitrogen and oxygen atoms in total. The van der Waals surface area contributed by atoms with Crippen LogP contribution in [-0.2, 0) is 5.41 Å². The summed E-state index contributed by atoms with van der Waals surface area (Å²) in [5.41, 5.74) is 10.6. The van der Waals surface area contributed by atoms with E-state index in [2.05, 4.69) is 159 Å². The Kier molecular flexibility index (Phi) is 5.05. The van der Waals surface area contributed by atoms with Crippen molar-refractivity contribution in [2.45, 2.75) is 19.3 Å². The monoisotopic (exact) mass is 546 g/mol. The minimum atomic E-state index is -0.0130. The topological polar surface area (TPSA) is 0 Å². The summed E-state index contributed by atoms with van der Waals surface area (Å²) >= 11 is 0. The van der Waals surface area contributed by atoms with Gasteiger partial charge in [0.1, 0.15) is 0 Å². The predicted octanol–water partition coefficient (Wildman–Crippen LogP) is 11.9. The normalized spacial score (nSPS) is 13.5. The van der Waals surface area contributed by atoms with Crippen molar-refractivity contribution >= 4 is 43.1 Å². The molecule has 0 saturated carbocycles. The molecule has 0 aliphatic heterocycles. The summed E-state index contributed by atoms with van der Waals surface area (Å²) in [5.74, 6) is 0. The molecule has 202 valence electrons. The molecule has 43 heavy (non-hydrogen) atoms. The van der Waals surface area contributed by atoms with Crippen LogP contribution in [0.1, 0.15) is 25.0 Å². The van der Waals surface area contributed by atoms with Crippen molar-refractivity contribution in [3.05, 3.63) is 157 Å². The molecule has 1 aliphatic carbocycles. The molecule has 0 spiro atoms. The number of hydrogen-bond acceptors (Lipinski definition) is 0. The lowest BCUT2D eigenvalue weighted by Gasteiger charge is -2.22. The quantitative estimate of drug-likeness (QED) is 0.189. The van der Waals surface area contributed by atoms with E-state index in [-0.39, 0.29) is 5.41 Å². The van der Waals surface area contributed by atoms with Crippen molar-refractivity contribution in [3.8, 4) is 33.4 Å². The van der Waals surface area contributed by atoms with Gasteiger partial charge < -0.3 is 0 Å². The minimum absolute atomic E-state index is 0.0130. The fraction of sp³-hybridized carbons (Fsp3) is 0.0698. The van der Waals surface area contributed by atoms with Gasteiger partial charge in [-0.15, -0.1) is 0 Å². The lowest BCUT2D eigenvalue weighted by molar-refractivity contribution is 0.660. The third kappa shape index (κ3) is 3.57. The van der Waals surface area contributed by atoms with Crippen LogP contribution in [0.2, 0.25) is 0 Å². The Morgan fingerprint density at radius 2 is 0.977 bits per heavy atom. The molecule has 8 aromatic rings. The molecular formula is C43H30. The molecule has 0 N–H and O–H groups in total. The smallest absolute Gasteiger partial charge is 0.0159 e. The number of fused-ring (bicyclic) bond motifs is 9. The van der Waals surface area contributed by atoms with Crippen LogP contribution in [0.25, 0.3) is 76.5 Å². The van der Waals surface area contributed by atoms with E-state index >= 15 is 0 Å². The van der Waals surface area contributed by atoms with Gasteiger partial charge >= 0.3 is 0 Å². The van der Waals surface area contributed by atoms with Gasteiger partial charge in [-0.1, -0.05) is 135 Å². The zero-order valence-corrected chi connectivity index (χ0v) is 24.4. The van der Waals surface area contributed by atoms with Gasteiger partial charge in [-0.05, 0) is 112 Å². The van der Waals surface area contributed by atoms with Crippen molar-refractivity contribution in [1.82, 2.24) is 0 Å². The van der Waals surface area contributed by atoms with E-state index < -0.39 is 0 Å². The standard InChI is InChI=1S/C43H30/c1-43(2)40-14-8-7-12-35(40)36-22-21-31(26-41(36)43)30-18-16-28-17-20-33-25-38(32-19-15-27-9-3-4-10-29(27)23-32)34-11-5-6-13-37(34)42(33)39(28)24-30/h3-26H,1-2H3. The van der Waals surface area contributed by atoms with E-state index in [1.165, 1.54) is 87.6 Å². The summed E-state index contributed by atoms with van der Waals surface area (Å²) < 4.78 is 0. The molecule has 0 fully saturated rings. The van der Waals surface area contributed by atoms with Gasteiger partial charge in [0.15, 0.2) is 0 Å². The average molecular weight is 547 g/mol. The average Bonchev–Trinajstić information content (AvgIpc) is 3.29. The molecule has 0 atom stereocenters. The summed E-state index contributed by atoms with van der Waals surface area (Å²) in [6, 6.07) is 54.3. The van der Waals surface area contributed by atoms with Gasteiger partial charge in [-0.25, -0.2) is 0 Å². The molecule has 8 aromatic carbocycles. The molecule has 9 rings (SSSR count). The summed E-state index contributed by atoms with van der Waals surface area (Å²) in [6.07, 6.45) is 0. The van der Waals surface area contributed by atoms with Crippen LogP contribution in [0.4, 0.5) is 0 Å². The maximum absolute atomic E-state index is 2.43. The maximum Gasteiger partial charge on any atom is 0.0159 e. The fourth-order valence-electron chi connectivity index (χ4n) is 7.59. The first kappa shape index (κ1) is 24.4. The zero-order valence-electron chi connectivity index (χ0n) is 24.4. The van der Waals surface area contributed by atoms with Crippen molar-refractivity contribution < 1.29 is 0 Å². The Hall–Kier alpha value is -5.20. The molecular weight excluding hydrogens is 516 g/mol. The van der Waals surface area contributed by atoms with E-state index in [1.807, 2.05) is 0 Å². The molecule has 0 unspecified atom stereocenters. The second-order valence-corrected chi connectivity index (χ2v) is 12.6. The van der Waals surface area contributed by atoms with Crippen molar-refractivity contribution in [2.24, 2.45) is 0 Å². The van der Waals surface area contributed by atoms with Gasteiger partial charge in [0.2, 0.25) is 0 Å². The summed E-state index contributed by atoms with van der Waals surface area (Å²) in [7, 11) is 0. The predicted molar refractivity (Wildman–Crippen MR) is 185 cm³/mol.